The van der Waals surface area contributed by atoms with Crippen molar-refractivity contribution in [2.75, 3.05) is 30.6 Å². The van der Waals surface area contributed by atoms with Crippen molar-refractivity contribution in [2.24, 2.45) is 17.4 Å². The number of carboxylic acid groups (broad SMARTS) is 2. The first-order valence-corrected chi connectivity index (χ1v) is 11.8. The molecule has 0 aromatic carbocycles. The largest absolute Gasteiger partial charge is 0.480 e. The van der Waals surface area contributed by atoms with Crippen LogP contribution in [0, 0.1) is 5.92 Å². The van der Waals surface area contributed by atoms with Gasteiger partial charge < -0.3 is 32.3 Å². The van der Waals surface area contributed by atoms with Crippen molar-refractivity contribution >= 4 is 47.3 Å². The highest BCUT2D eigenvalue weighted by Crippen LogP contribution is 2.04. The lowest BCUT2D eigenvalue weighted by molar-refractivity contribution is -0.142. The number of hydrogen-bond donors (Lipinski definition) is 6. The van der Waals surface area contributed by atoms with Crippen LogP contribution in [0.15, 0.2) is 0 Å². The number of thioether (sulfide) groups is 2. The Hall–Kier alpha value is -1.50. The average Bonchev–Trinajstić information content (AvgIpc) is 2.67. The van der Waals surface area contributed by atoms with Gasteiger partial charge in [0.15, 0.2) is 0 Å². The lowest BCUT2D eigenvalue weighted by atomic mass is 10.0. The number of aliphatic carboxylic acids is 2. The second-order valence-electron chi connectivity index (χ2n) is 6.39. The van der Waals surface area contributed by atoms with Crippen LogP contribution >= 0.6 is 23.5 Å². The predicted octanol–water partition coefficient (Wildman–Crippen LogP) is -0.440. The van der Waals surface area contributed by atoms with E-state index < -0.39 is 41.9 Å². The molecule has 0 fully saturated rings. The summed E-state index contributed by atoms with van der Waals surface area (Å²) in [4.78, 5) is 43.8. The van der Waals surface area contributed by atoms with Crippen LogP contribution in [0.5, 0.6) is 0 Å². The zero-order valence-corrected chi connectivity index (χ0v) is 19.0. The highest BCUT2D eigenvalue weighted by Gasteiger charge is 2.24. The molecule has 0 aromatic rings. The molecular formula is C17H34N4O6S2. The third-order valence-electron chi connectivity index (χ3n) is 3.68. The topological polar surface area (TPSA) is 185 Å². The number of nitrogens with one attached hydrogen (secondary N) is 2. The van der Waals surface area contributed by atoms with Gasteiger partial charge in [-0.25, -0.2) is 9.59 Å². The first-order chi connectivity index (χ1) is 13.5. The van der Waals surface area contributed by atoms with Gasteiger partial charge >= 0.3 is 11.9 Å². The normalized spacial score (nSPS) is 13.5. The molecule has 12 heteroatoms. The summed E-state index contributed by atoms with van der Waals surface area (Å²) >= 11 is 3.08. The summed E-state index contributed by atoms with van der Waals surface area (Å²) in [5, 5.41) is 22.4. The van der Waals surface area contributed by atoms with Gasteiger partial charge in [-0.1, -0.05) is 13.8 Å². The molecule has 29 heavy (non-hydrogen) atoms. The summed E-state index contributed by atoms with van der Waals surface area (Å²) in [6, 6.07) is -2.32. The zero-order chi connectivity index (χ0) is 23.0. The van der Waals surface area contributed by atoms with E-state index in [2.05, 4.69) is 10.6 Å². The molecule has 170 valence electrons. The minimum atomic E-state index is -1.02. The molecule has 10 nitrogen and oxygen atoms in total. The smallest absolute Gasteiger partial charge is 0.326 e. The summed E-state index contributed by atoms with van der Waals surface area (Å²) < 4.78 is 0. The second kappa shape index (κ2) is 17.4. The highest BCUT2D eigenvalue weighted by atomic mass is 32.2. The van der Waals surface area contributed by atoms with Crippen LogP contribution in [0.4, 0.5) is 0 Å². The fourth-order valence-corrected chi connectivity index (χ4v) is 2.75. The Kier molecular flexibility index (Phi) is 17.8. The second-order valence-corrected chi connectivity index (χ2v) is 8.37. The summed E-state index contributed by atoms with van der Waals surface area (Å²) in [6.07, 6.45) is 4.60. The third-order valence-corrected chi connectivity index (χ3v) is 4.96. The number of hydrogen-bond acceptors (Lipinski definition) is 8. The van der Waals surface area contributed by atoms with Gasteiger partial charge in [0.25, 0.3) is 0 Å². The number of carboxylic acids is 2. The maximum Gasteiger partial charge on any atom is 0.326 e. The van der Waals surface area contributed by atoms with Gasteiger partial charge in [0.1, 0.15) is 12.1 Å². The summed E-state index contributed by atoms with van der Waals surface area (Å²) in [6.45, 7) is 3.47. The van der Waals surface area contributed by atoms with E-state index in [-0.39, 0.29) is 12.5 Å². The lowest BCUT2D eigenvalue weighted by Crippen LogP contribution is -2.50. The van der Waals surface area contributed by atoms with E-state index in [4.69, 9.17) is 21.7 Å². The highest BCUT2D eigenvalue weighted by molar-refractivity contribution is 7.98. The molecular weight excluding hydrogens is 420 g/mol. The van der Waals surface area contributed by atoms with Gasteiger partial charge in [-0.05, 0) is 42.8 Å². The molecule has 3 unspecified atom stereocenters. The monoisotopic (exact) mass is 454 g/mol. The number of carbonyl (C=O) groups excluding carboxylic acids is 2. The Morgan fingerprint density at radius 1 is 0.897 bits per heavy atom. The van der Waals surface area contributed by atoms with E-state index in [0.29, 0.717) is 24.3 Å². The molecule has 8 N–H and O–H groups in total. The molecule has 2 amide bonds. The quantitative estimate of drug-likeness (QED) is 0.213. The molecule has 0 saturated heterocycles. The van der Waals surface area contributed by atoms with Crippen LogP contribution < -0.4 is 22.1 Å². The molecule has 0 rings (SSSR count). The van der Waals surface area contributed by atoms with Crippen LogP contribution in [-0.4, -0.2) is 82.7 Å². The fourth-order valence-electron chi connectivity index (χ4n) is 1.81. The van der Waals surface area contributed by atoms with Gasteiger partial charge in [-0.15, -0.1) is 0 Å². The number of nitrogens with two attached hydrogens (primary N) is 2. The molecule has 0 heterocycles. The lowest BCUT2D eigenvalue weighted by Gasteiger charge is -2.19. The van der Waals surface area contributed by atoms with Crippen LogP contribution in [0.2, 0.25) is 0 Å². The molecule has 0 bridgehead atoms. The van der Waals surface area contributed by atoms with Crippen LogP contribution in [0.1, 0.15) is 26.7 Å². The summed E-state index contributed by atoms with van der Waals surface area (Å²) in [7, 11) is 0. The van der Waals surface area contributed by atoms with E-state index in [0.717, 1.165) is 0 Å². The molecule has 0 aliphatic rings. The van der Waals surface area contributed by atoms with Crippen molar-refractivity contribution in [1.29, 1.82) is 0 Å². The summed E-state index contributed by atoms with van der Waals surface area (Å²) in [5.74, 6) is -1.49. The van der Waals surface area contributed by atoms with Gasteiger partial charge in [0.2, 0.25) is 11.8 Å². The Balaban J connectivity index is 0. The van der Waals surface area contributed by atoms with Gasteiger partial charge in [-0.3, -0.25) is 9.59 Å². The van der Waals surface area contributed by atoms with E-state index >= 15 is 0 Å². The van der Waals surface area contributed by atoms with E-state index in [1.54, 1.807) is 11.8 Å². The van der Waals surface area contributed by atoms with E-state index in [1.807, 2.05) is 26.4 Å². The molecule has 0 saturated carbocycles. The van der Waals surface area contributed by atoms with Crippen molar-refractivity contribution in [3.63, 3.8) is 0 Å². The first kappa shape index (κ1) is 29.7. The van der Waals surface area contributed by atoms with Gasteiger partial charge in [0.05, 0.1) is 12.6 Å². The SMILES string of the molecule is CSCCC(NC(=O)C(N)C(C)C)C(=O)O.CSCCC(NC(=O)CN)C(=O)O. The molecule has 0 aliphatic heterocycles. The average molecular weight is 455 g/mol. The molecule has 0 aliphatic carbocycles. The van der Waals surface area contributed by atoms with Crippen LogP contribution in [0.3, 0.4) is 0 Å². The standard InChI is InChI=1S/C10H20N2O3S.C7H14N2O3S/c1-6(2)8(11)9(13)12-7(10(14)15)4-5-16-3;1-13-3-2-5(7(11)12)9-6(10)4-8/h6-8H,4-5,11H2,1-3H3,(H,12,13)(H,14,15);5H,2-4,8H2,1H3,(H,9,10)(H,11,12). The minimum Gasteiger partial charge on any atom is -0.480 e. The number of carbonyl (C=O) groups is 4. The van der Waals surface area contributed by atoms with E-state index in [9.17, 15) is 19.2 Å². The Morgan fingerprint density at radius 2 is 1.31 bits per heavy atom. The fraction of sp³-hybridized carbons (Fsp3) is 0.765. The van der Waals surface area contributed by atoms with Gasteiger partial charge in [0, 0.05) is 0 Å². The number of amides is 2. The van der Waals surface area contributed by atoms with E-state index in [1.165, 1.54) is 11.8 Å². The molecule has 3 atom stereocenters. The zero-order valence-electron chi connectivity index (χ0n) is 17.3. The third kappa shape index (κ3) is 15.1. The predicted molar refractivity (Wildman–Crippen MR) is 117 cm³/mol. The minimum absolute atomic E-state index is 0.00463. The maximum atomic E-state index is 11.6. The maximum absolute atomic E-state index is 11.6. The molecule has 0 aromatic heterocycles. The molecule has 0 radical (unpaired) electrons. The Labute approximate surface area is 180 Å². The molecule has 0 spiro atoms. The van der Waals surface area contributed by atoms with Crippen molar-refractivity contribution < 1.29 is 29.4 Å². The Bertz CT molecular complexity index is 522. The summed E-state index contributed by atoms with van der Waals surface area (Å²) in [5.41, 5.74) is 10.7. The Morgan fingerprint density at radius 3 is 1.62 bits per heavy atom. The van der Waals surface area contributed by atoms with Crippen molar-refractivity contribution in [1.82, 2.24) is 10.6 Å². The van der Waals surface area contributed by atoms with Crippen molar-refractivity contribution in [2.45, 2.75) is 44.8 Å². The van der Waals surface area contributed by atoms with Crippen molar-refractivity contribution in [3.8, 4) is 0 Å². The first-order valence-electron chi connectivity index (χ1n) is 9.00. The van der Waals surface area contributed by atoms with Crippen LogP contribution in [-0.2, 0) is 19.2 Å². The van der Waals surface area contributed by atoms with Crippen molar-refractivity contribution in [3.05, 3.63) is 0 Å². The number of rotatable bonds is 13. The van der Waals surface area contributed by atoms with Gasteiger partial charge in [-0.2, -0.15) is 23.5 Å². The van der Waals surface area contributed by atoms with Crippen LogP contribution in [0.25, 0.3) is 0 Å².